The summed E-state index contributed by atoms with van der Waals surface area (Å²) in [5.74, 6) is 1.55. The Bertz CT molecular complexity index is 926. The number of likely N-dealkylation sites (N-methyl/N-ethyl adjacent to an activating group) is 1. The van der Waals surface area contributed by atoms with E-state index in [0.29, 0.717) is 12.4 Å². The molecule has 2 aliphatic heterocycles. The van der Waals surface area contributed by atoms with E-state index in [9.17, 15) is 9.59 Å². The zero-order chi connectivity index (χ0) is 20.6. The van der Waals surface area contributed by atoms with Gasteiger partial charge in [0.1, 0.15) is 11.6 Å². The molecule has 3 heterocycles. The van der Waals surface area contributed by atoms with Gasteiger partial charge in [-0.05, 0) is 45.0 Å². The van der Waals surface area contributed by atoms with Gasteiger partial charge in [0.15, 0.2) is 0 Å². The smallest absolute Gasteiger partial charge is 0.228 e. The molecule has 8 heteroatoms. The van der Waals surface area contributed by atoms with Crippen LogP contribution in [0.2, 0.25) is 0 Å². The second-order valence-corrected chi connectivity index (χ2v) is 8.25. The highest BCUT2D eigenvalue weighted by Gasteiger charge is 2.52. The molecule has 2 aliphatic rings. The van der Waals surface area contributed by atoms with Crippen molar-refractivity contribution in [2.45, 2.75) is 38.8 Å². The molecular weight excluding hydrogens is 370 g/mol. The predicted octanol–water partition coefficient (Wildman–Crippen LogP) is 1.52. The molecule has 8 nitrogen and oxygen atoms in total. The molecule has 0 unspecified atom stereocenters. The van der Waals surface area contributed by atoms with Crippen LogP contribution in [0, 0.1) is 5.41 Å². The van der Waals surface area contributed by atoms with Crippen LogP contribution < -0.4 is 10.1 Å². The molecule has 0 aliphatic carbocycles. The summed E-state index contributed by atoms with van der Waals surface area (Å²) in [6.07, 6.45) is 2.44. The Labute approximate surface area is 170 Å². The third-order valence-corrected chi connectivity index (χ3v) is 6.47. The summed E-state index contributed by atoms with van der Waals surface area (Å²) < 4.78 is 5.25. The Morgan fingerprint density at radius 1 is 1.34 bits per heavy atom. The molecule has 1 aromatic carbocycles. The fourth-order valence-electron chi connectivity index (χ4n) is 4.87. The number of aromatic nitrogens is 2. The Hall–Kier alpha value is -2.61. The first-order valence-electron chi connectivity index (χ1n) is 10.2. The van der Waals surface area contributed by atoms with Crippen molar-refractivity contribution in [2.75, 3.05) is 33.8 Å². The highest BCUT2D eigenvalue weighted by molar-refractivity contribution is 5.85. The summed E-state index contributed by atoms with van der Waals surface area (Å²) in [4.78, 5) is 37.5. The molecule has 0 spiro atoms. The van der Waals surface area contributed by atoms with Gasteiger partial charge < -0.3 is 24.8 Å². The molecule has 0 bridgehead atoms. The number of hydrogen-bond acceptors (Lipinski definition) is 5. The van der Waals surface area contributed by atoms with Crippen LogP contribution in [0.15, 0.2) is 18.2 Å². The third kappa shape index (κ3) is 3.57. The highest BCUT2D eigenvalue weighted by Crippen LogP contribution is 2.42. The molecule has 29 heavy (non-hydrogen) atoms. The fourth-order valence-corrected chi connectivity index (χ4v) is 4.87. The van der Waals surface area contributed by atoms with E-state index in [2.05, 4.69) is 27.2 Å². The number of carbonyl (C=O) groups excluding carboxylic acids is 2. The van der Waals surface area contributed by atoms with Gasteiger partial charge >= 0.3 is 0 Å². The van der Waals surface area contributed by atoms with Gasteiger partial charge in [-0.15, -0.1) is 0 Å². The molecule has 2 amide bonds. The molecule has 4 rings (SSSR count). The van der Waals surface area contributed by atoms with Gasteiger partial charge in [-0.3, -0.25) is 9.59 Å². The molecule has 2 atom stereocenters. The Morgan fingerprint density at radius 2 is 2.17 bits per heavy atom. The number of rotatable bonds is 4. The lowest BCUT2D eigenvalue weighted by Crippen LogP contribution is -2.66. The van der Waals surface area contributed by atoms with Crippen molar-refractivity contribution < 1.29 is 14.3 Å². The number of methoxy groups -OCH3 is 1. The van der Waals surface area contributed by atoms with E-state index in [4.69, 9.17) is 4.74 Å². The first-order valence-corrected chi connectivity index (χ1v) is 10.2. The largest absolute Gasteiger partial charge is 0.497 e. The van der Waals surface area contributed by atoms with Crippen LogP contribution in [0.25, 0.3) is 11.0 Å². The molecule has 1 aromatic heterocycles. The van der Waals surface area contributed by atoms with Gasteiger partial charge in [-0.25, -0.2) is 4.98 Å². The fraction of sp³-hybridized carbons (Fsp3) is 0.571. The van der Waals surface area contributed by atoms with E-state index in [-0.39, 0.29) is 17.9 Å². The predicted molar refractivity (Wildman–Crippen MR) is 109 cm³/mol. The zero-order valence-electron chi connectivity index (χ0n) is 17.3. The van der Waals surface area contributed by atoms with Crippen molar-refractivity contribution in [1.82, 2.24) is 25.1 Å². The first-order chi connectivity index (χ1) is 13.9. The lowest BCUT2D eigenvalue weighted by molar-refractivity contribution is -0.152. The van der Waals surface area contributed by atoms with Crippen LogP contribution in [-0.4, -0.2) is 71.4 Å². The van der Waals surface area contributed by atoms with Gasteiger partial charge in [-0.1, -0.05) is 0 Å². The number of benzene rings is 1. The summed E-state index contributed by atoms with van der Waals surface area (Å²) in [7, 11) is 3.68. The lowest BCUT2D eigenvalue weighted by Gasteiger charge is -2.53. The van der Waals surface area contributed by atoms with E-state index in [1.807, 2.05) is 23.1 Å². The minimum atomic E-state index is -0.522. The molecule has 2 fully saturated rings. The SMILES string of the molecule is COc1ccc2nc(CNC(=O)[C@@]34CCCN(C(C)=O)[C@H]3CN(C)CC4)[nH]c2c1. The van der Waals surface area contributed by atoms with Gasteiger partial charge in [-0.2, -0.15) is 0 Å². The Balaban J connectivity index is 1.52. The number of hydrogen-bond donors (Lipinski definition) is 2. The summed E-state index contributed by atoms with van der Waals surface area (Å²) in [5, 5.41) is 3.10. The molecule has 156 valence electrons. The average molecular weight is 399 g/mol. The topological polar surface area (TPSA) is 90.6 Å². The first kappa shape index (κ1) is 19.7. The third-order valence-electron chi connectivity index (χ3n) is 6.47. The standard InChI is InChI=1S/C21H29N5O3/c1-14(27)26-9-4-7-21(8-10-25(2)13-18(21)26)20(28)22-12-19-23-16-6-5-15(29-3)11-17(16)24-19/h5-6,11,18H,4,7-10,12-13H2,1-3H3,(H,22,28)(H,23,24)/t18-,21+/m0/s1. The number of carbonyl (C=O) groups is 2. The summed E-state index contributed by atoms with van der Waals surface area (Å²) in [6, 6.07) is 5.58. The van der Waals surface area contributed by atoms with E-state index < -0.39 is 5.41 Å². The highest BCUT2D eigenvalue weighted by atomic mass is 16.5. The number of amides is 2. The monoisotopic (exact) mass is 399 g/mol. The van der Waals surface area contributed by atoms with Crippen LogP contribution in [0.1, 0.15) is 32.0 Å². The number of piperidine rings is 2. The number of fused-ring (bicyclic) bond motifs is 2. The summed E-state index contributed by atoms with van der Waals surface area (Å²) >= 11 is 0. The van der Waals surface area contributed by atoms with Crippen molar-refractivity contribution in [3.63, 3.8) is 0 Å². The lowest BCUT2D eigenvalue weighted by atomic mass is 9.67. The molecule has 2 saturated heterocycles. The minimum Gasteiger partial charge on any atom is -0.497 e. The Kier molecular flexibility index (Phi) is 5.21. The summed E-state index contributed by atoms with van der Waals surface area (Å²) in [6.45, 7) is 4.26. The maximum absolute atomic E-state index is 13.4. The van der Waals surface area contributed by atoms with Gasteiger partial charge in [0, 0.05) is 26.1 Å². The second kappa shape index (κ2) is 7.67. The van der Waals surface area contributed by atoms with Gasteiger partial charge in [0.05, 0.1) is 36.1 Å². The van der Waals surface area contributed by atoms with E-state index >= 15 is 0 Å². The normalized spacial score (nSPS) is 24.9. The van der Waals surface area contributed by atoms with Gasteiger partial charge in [0.25, 0.3) is 0 Å². The second-order valence-electron chi connectivity index (χ2n) is 8.25. The molecular formula is C21H29N5O3. The van der Waals surface area contributed by atoms with Crippen molar-refractivity contribution in [3.8, 4) is 5.75 Å². The average Bonchev–Trinajstić information content (AvgIpc) is 3.13. The van der Waals surface area contributed by atoms with Crippen LogP contribution >= 0.6 is 0 Å². The minimum absolute atomic E-state index is 0.0274. The van der Waals surface area contributed by atoms with Crippen LogP contribution in [0.5, 0.6) is 5.75 Å². The van der Waals surface area contributed by atoms with Crippen LogP contribution in [0.4, 0.5) is 0 Å². The van der Waals surface area contributed by atoms with Crippen molar-refractivity contribution in [3.05, 3.63) is 24.0 Å². The van der Waals surface area contributed by atoms with Gasteiger partial charge in [0.2, 0.25) is 11.8 Å². The zero-order valence-corrected chi connectivity index (χ0v) is 17.3. The molecule has 0 saturated carbocycles. The van der Waals surface area contributed by atoms with E-state index in [1.165, 1.54) is 0 Å². The number of likely N-dealkylation sites (tertiary alicyclic amines) is 2. The number of H-pyrrole nitrogens is 1. The molecule has 2 N–H and O–H groups in total. The number of aromatic amines is 1. The number of nitrogens with one attached hydrogen (secondary N) is 2. The maximum Gasteiger partial charge on any atom is 0.228 e. The quantitative estimate of drug-likeness (QED) is 0.814. The Morgan fingerprint density at radius 3 is 2.93 bits per heavy atom. The molecule has 2 aromatic rings. The van der Waals surface area contributed by atoms with E-state index in [1.54, 1.807) is 14.0 Å². The number of ether oxygens (including phenoxy) is 1. The van der Waals surface area contributed by atoms with Crippen molar-refractivity contribution >= 4 is 22.8 Å². The van der Waals surface area contributed by atoms with Crippen LogP contribution in [-0.2, 0) is 16.1 Å². The van der Waals surface area contributed by atoms with Crippen molar-refractivity contribution in [2.24, 2.45) is 5.41 Å². The molecule has 0 radical (unpaired) electrons. The van der Waals surface area contributed by atoms with Crippen molar-refractivity contribution in [1.29, 1.82) is 0 Å². The number of imidazole rings is 1. The van der Waals surface area contributed by atoms with Crippen LogP contribution in [0.3, 0.4) is 0 Å². The number of nitrogens with zero attached hydrogens (tertiary/aromatic N) is 3. The maximum atomic E-state index is 13.4. The summed E-state index contributed by atoms with van der Waals surface area (Å²) in [5.41, 5.74) is 1.20. The van der Waals surface area contributed by atoms with E-state index in [0.717, 1.165) is 55.7 Å².